The van der Waals surface area contributed by atoms with Gasteiger partial charge in [0.1, 0.15) is 17.6 Å². The molecule has 6 nitrogen and oxygen atoms in total. The van der Waals surface area contributed by atoms with Crippen LogP contribution in [0.15, 0.2) is 64.1 Å². The average Bonchev–Trinajstić information content (AvgIpc) is 3.09. The van der Waals surface area contributed by atoms with Crippen molar-refractivity contribution in [2.75, 3.05) is 5.32 Å². The summed E-state index contributed by atoms with van der Waals surface area (Å²) in [5.74, 6) is 0.181. The van der Waals surface area contributed by atoms with Crippen molar-refractivity contribution in [3.05, 3.63) is 70.8 Å². The molecule has 4 aromatic rings. The van der Waals surface area contributed by atoms with E-state index < -0.39 is 0 Å². The smallest absolute Gasteiger partial charge is 0.297 e. The van der Waals surface area contributed by atoms with Crippen molar-refractivity contribution in [2.24, 2.45) is 0 Å². The highest BCUT2D eigenvalue weighted by atomic mass is 16.3. The third-order valence-electron chi connectivity index (χ3n) is 5.04. The number of carbonyl (C=O) groups is 1. The molecule has 0 unspecified atom stereocenters. The van der Waals surface area contributed by atoms with Crippen LogP contribution in [-0.4, -0.2) is 15.5 Å². The van der Waals surface area contributed by atoms with Crippen LogP contribution in [0.1, 0.15) is 31.7 Å². The van der Waals surface area contributed by atoms with E-state index in [-0.39, 0.29) is 23.6 Å². The maximum atomic E-state index is 12.7. The van der Waals surface area contributed by atoms with E-state index >= 15 is 0 Å². The fourth-order valence-electron chi connectivity index (χ4n) is 3.21. The lowest BCUT2D eigenvalue weighted by Gasteiger charge is -2.11. The van der Waals surface area contributed by atoms with Crippen LogP contribution in [0.5, 0.6) is 0 Å². The second-order valence-corrected chi connectivity index (χ2v) is 6.93. The molecule has 28 heavy (non-hydrogen) atoms. The summed E-state index contributed by atoms with van der Waals surface area (Å²) in [6.45, 7) is 4.18. The first-order valence-electron chi connectivity index (χ1n) is 9.33. The van der Waals surface area contributed by atoms with Gasteiger partial charge in [-0.3, -0.25) is 14.2 Å². The molecule has 2 heterocycles. The number of nitrogens with one attached hydrogen (secondary N) is 1. The molecule has 6 heteroatoms. The molecular weight excluding hydrogens is 354 g/mol. The monoisotopic (exact) mass is 375 g/mol. The zero-order chi connectivity index (χ0) is 19.7. The fourth-order valence-corrected chi connectivity index (χ4v) is 3.21. The van der Waals surface area contributed by atoms with Crippen LogP contribution < -0.4 is 10.9 Å². The molecule has 1 atom stereocenters. The Labute approximate surface area is 161 Å². The standard InChI is InChI=1S/C22H21N3O3/c1-3-14(2)15-8-10-16(11-9-15)24-19(26)12-25-13-23-20-17-6-4-5-7-18(17)28-21(20)22(25)27/h4-11,13-14H,3,12H2,1-2H3,(H,24,26)/t14-/m0/s1. The lowest BCUT2D eigenvalue weighted by Crippen LogP contribution is -2.27. The van der Waals surface area contributed by atoms with Crippen molar-refractivity contribution < 1.29 is 9.21 Å². The maximum absolute atomic E-state index is 12.7. The molecule has 0 aliphatic heterocycles. The summed E-state index contributed by atoms with van der Waals surface area (Å²) in [5.41, 5.74) is 2.83. The molecule has 0 saturated carbocycles. The van der Waals surface area contributed by atoms with E-state index in [9.17, 15) is 9.59 Å². The van der Waals surface area contributed by atoms with E-state index in [1.165, 1.54) is 16.5 Å². The van der Waals surface area contributed by atoms with Gasteiger partial charge >= 0.3 is 0 Å². The first-order valence-corrected chi connectivity index (χ1v) is 9.33. The van der Waals surface area contributed by atoms with Crippen molar-refractivity contribution in [2.45, 2.75) is 32.7 Å². The summed E-state index contributed by atoms with van der Waals surface area (Å²) in [4.78, 5) is 29.4. The molecule has 142 valence electrons. The van der Waals surface area contributed by atoms with Gasteiger partial charge in [0.15, 0.2) is 0 Å². The minimum absolute atomic E-state index is 0.133. The highest BCUT2D eigenvalue weighted by Crippen LogP contribution is 2.24. The lowest BCUT2D eigenvalue weighted by atomic mass is 9.99. The number of fused-ring (bicyclic) bond motifs is 3. The SMILES string of the molecule is CC[C@H](C)c1ccc(NC(=O)Cn2cnc3c(oc4ccccc43)c2=O)cc1. The molecule has 0 aliphatic carbocycles. The number of nitrogens with zero attached hydrogens (tertiary/aromatic N) is 2. The van der Waals surface area contributed by atoms with Crippen LogP contribution in [0.3, 0.4) is 0 Å². The van der Waals surface area contributed by atoms with Crippen LogP contribution in [0.25, 0.3) is 22.1 Å². The number of anilines is 1. The zero-order valence-corrected chi connectivity index (χ0v) is 15.8. The van der Waals surface area contributed by atoms with Crippen molar-refractivity contribution in [3.8, 4) is 0 Å². The topological polar surface area (TPSA) is 77.1 Å². The Kier molecular flexibility index (Phi) is 4.69. The van der Waals surface area contributed by atoms with Gasteiger partial charge in [-0.2, -0.15) is 0 Å². The summed E-state index contributed by atoms with van der Waals surface area (Å²) in [7, 11) is 0. The molecule has 0 radical (unpaired) electrons. The molecule has 0 aliphatic rings. The van der Waals surface area contributed by atoms with Crippen molar-refractivity contribution in [3.63, 3.8) is 0 Å². The van der Waals surface area contributed by atoms with Crippen molar-refractivity contribution >= 4 is 33.7 Å². The number of para-hydroxylation sites is 1. The van der Waals surface area contributed by atoms with Gasteiger partial charge in [0, 0.05) is 11.1 Å². The van der Waals surface area contributed by atoms with Gasteiger partial charge in [0.25, 0.3) is 5.56 Å². The first-order chi connectivity index (χ1) is 13.6. The number of furan rings is 1. The molecule has 0 bridgehead atoms. The quantitative estimate of drug-likeness (QED) is 0.564. The highest BCUT2D eigenvalue weighted by molar-refractivity contribution is 6.01. The van der Waals surface area contributed by atoms with E-state index in [2.05, 4.69) is 24.1 Å². The van der Waals surface area contributed by atoms with E-state index in [1.54, 1.807) is 6.07 Å². The van der Waals surface area contributed by atoms with Crippen molar-refractivity contribution in [1.29, 1.82) is 0 Å². The van der Waals surface area contributed by atoms with E-state index in [0.717, 1.165) is 11.8 Å². The molecule has 2 aromatic heterocycles. The number of amides is 1. The summed E-state index contributed by atoms with van der Waals surface area (Å²) < 4.78 is 6.90. The third kappa shape index (κ3) is 3.29. The van der Waals surface area contributed by atoms with Gasteiger partial charge in [0.05, 0.1) is 6.33 Å². The molecule has 1 N–H and O–H groups in total. The Morgan fingerprint density at radius 2 is 1.93 bits per heavy atom. The van der Waals surface area contributed by atoms with Crippen molar-refractivity contribution in [1.82, 2.24) is 9.55 Å². The van der Waals surface area contributed by atoms with Crippen LogP contribution in [0, 0.1) is 0 Å². The Morgan fingerprint density at radius 3 is 2.68 bits per heavy atom. The van der Waals surface area contributed by atoms with E-state index in [1.807, 2.05) is 42.5 Å². The summed E-state index contributed by atoms with van der Waals surface area (Å²) in [6.07, 6.45) is 2.45. The lowest BCUT2D eigenvalue weighted by molar-refractivity contribution is -0.116. The predicted molar refractivity (Wildman–Crippen MR) is 110 cm³/mol. The van der Waals surface area contributed by atoms with Gasteiger partial charge in [-0.25, -0.2) is 4.98 Å². The molecule has 1 amide bonds. The molecule has 2 aromatic carbocycles. The number of rotatable bonds is 5. The summed E-state index contributed by atoms with van der Waals surface area (Å²) in [5, 5.41) is 3.60. The minimum Gasteiger partial charge on any atom is -0.448 e. The molecule has 0 spiro atoms. The van der Waals surface area contributed by atoms with Gasteiger partial charge in [0.2, 0.25) is 11.5 Å². The van der Waals surface area contributed by atoms with E-state index in [4.69, 9.17) is 4.42 Å². The first kappa shape index (κ1) is 18.0. The van der Waals surface area contributed by atoms with Gasteiger partial charge in [-0.05, 0) is 42.2 Å². The number of hydrogen-bond donors (Lipinski definition) is 1. The second kappa shape index (κ2) is 7.31. The minimum atomic E-state index is -0.372. The Morgan fingerprint density at radius 1 is 1.18 bits per heavy atom. The van der Waals surface area contributed by atoms with E-state index in [0.29, 0.717) is 22.7 Å². The largest absolute Gasteiger partial charge is 0.448 e. The number of hydrogen-bond acceptors (Lipinski definition) is 4. The van der Waals surface area contributed by atoms with Crippen LogP contribution in [0.4, 0.5) is 5.69 Å². The number of aromatic nitrogens is 2. The Balaban J connectivity index is 1.54. The molecule has 0 fully saturated rings. The molecular formula is C22H21N3O3. The fraction of sp³-hybridized carbons (Fsp3) is 0.227. The Hall–Kier alpha value is -3.41. The highest BCUT2D eigenvalue weighted by Gasteiger charge is 2.14. The molecule has 4 rings (SSSR count). The van der Waals surface area contributed by atoms with Crippen LogP contribution in [0.2, 0.25) is 0 Å². The molecule has 0 saturated heterocycles. The van der Waals surface area contributed by atoms with Gasteiger partial charge in [-0.15, -0.1) is 0 Å². The van der Waals surface area contributed by atoms with Gasteiger partial charge < -0.3 is 9.73 Å². The maximum Gasteiger partial charge on any atom is 0.297 e. The summed E-state index contributed by atoms with van der Waals surface area (Å²) in [6, 6.07) is 15.1. The average molecular weight is 375 g/mol. The van der Waals surface area contributed by atoms with Crippen LogP contribution >= 0.6 is 0 Å². The number of carbonyl (C=O) groups excluding carboxylic acids is 1. The summed E-state index contributed by atoms with van der Waals surface area (Å²) >= 11 is 0. The predicted octanol–water partition coefficient (Wildman–Crippen LogP) is 4.29. The van der Waals surface area contributed by atoms with Crippen LogP contribution in [-0.2, 0) is 11.3 Å². The van der Waals surface area contributed by atoms with Gasteiger partial charge in [-0.1, -0.05) is 38.1 Å². The number of benzene rings is 2. The third-order valence-corrected chi connectivity index (χ3v) is 5.04. The normalized spacial score (nSPS) is 12.4. The Bertz CT molecular complexity index is 1210. The second-order valence-electron chi connectivity index (χ2n) is 6.93. The zero-order valence-electron chi connectivity index (χ0n) is 15.8.